The van der Waals surface area contributed by atoms with Gasteiger partial charge in [0.1, 0.15) is 12.6 Å². The third-order valence-corrected chi connectivity index (χ3v) is 2.54. The molecule has 1 aliphatic rings. The average Bonchev–Trinajstić information content (AvgIpc) is 2.47. The van der Waals surface area contributed by atoms with Gasteiger partial charge >= 0.3 is 5.97 Å². The van der Waals surface area contributed by atoms with Crippen molar-refractivity contribution in [3.63, 3.8) is 0 Å². The summed E-state index contributed by atoms with van der Waals surface area (Å²) < 4.78 is 4.70. The van der Waals surface area contributed by atoms with Gasteiger partial charge in [0, 0.05) is 13.7 Å². The van der Waals surface area contributed by atoms with E-state index in [4.69, 9.17) is 9.84 Å². The molecule has 80 valence electrons. The summed E-state index contributed by atoms with van der Waals surface area (Å²) in [5.41, 5.74) is 0. The third kappa shape index (κ3) is 2.04. The molecule has 0 aromatic rings. The van der Waals surface area contributed by atoms with Crippen molar-refractivity contribution in [2.45, 2.75) is 19.4 Å². The highest BCUT2D eigenvalue weighted by atomic mass is 16.5. The van der Waals surface area contributed by atoms with E-state index in [9.17, 15) is 9.59 Å². The van der Waals surface area contributed by atoms with Gasteiger partial charge in [0.25, 0.3) is 0 Å². The van der Waals surface area contributed by atoms with Crippen molar-refractivity contribution in [1.82, 2.24) is 4.90 Å². The Kier molecular flexibility index (Phi) is 3.46. The van der Waals surface area contributed by atoms with Crippen LogP contribution in [0.25, 0.3) is 0 Å². The van der Waals surface area contributed by atoms with Gasteiger partial charge in [-0.25, -0.2) is 4.79 Å². The lowest BCUT2D eigenvalue weighted by atomic mass is 10.0. The first-order chi connectivity index (χ1) is 6.57. The molecule has 1 fully saturated rings. The van der Waals surface area contributed by atoms with Crippen LogP contribution in [0.1, 0.15) is 13.3 Å². The van der Waals surface area contributed by atoms with Gasteiger partial charge in [-0.05, 0) is 12.3 Å². The zero-order valence-electron chi connectivity index (χ0n) is 8.40. The Morgan fingerprint density at radius 2 is 2.21 bits per heavy atom. The number of hydrogen-bond donors (Lipinski definition) is 1. The fourth-order valence-corrected chi connectivity index (χ4v) is 1.81. The van der Waals surface area contributed by atoms with Crippen LogP contribution in [0.2, 0.25) is 0 Å². The number of amides is 1. The Morgan fingerprint density at radius 3 is 2.71 bits per heavy atom. The Hall–Kier alpha value is -1.10. The van der Waals surface area contributed by atoms with Crippen LogP contribution < -0.4 is 0 Å². The van der Waals surface area contributed by atoms with Crippen LogP contribution in [-0.2, 0) is 14.3 Å². The molecule has 0 radical (unpaired) electrons. The van der Waals surface area contributed by atoms with Gasteiger partial charge in [-0.1, -0.05) is 6.92 Å². The lowest BCUT2D eigenvalue weighted by Gasteiger charge is -2.22. The number of carbonyl (C=O) groups is 2. The maximum atomic E-state index is 11.4. The van der Waals surface area contributed by atoms with Crippen LogP contribution in [0.3, 0.4) is 0 Å². The van der Waals surface area contributed by atoms with Gasteiger partial charge in [-0.15, -0.1) is 0 Å². The number of carboxylic acid groups (broad SMARTS) is 1. The first-order valence-corrected chi connectivity index (χ1v) is 4.59. The number of rotatable bonds is 3. The lowest BCUT2D eigenvalue weighted by Crippen LogP contribution is -2.44. The van der Waals surface area contributed by atoms with E-state index in [-0.39, 0.29) is 18.4 Å². The molecular formula is C9H15NO4. The van der Waals surface area contributed by atoms with E-state index in [1.165, 1.54) is 12.0 Å². The van der Waals surface area contributed by atoms with E-state index in [2.05, 4.69) is 0 Å². The normalized spacial score (nSPS) is 26.6. The molecule has 2 atom stereocenters. The second kappa shape index (κ2) is 4.41. The Morgan fingerprint density at radius 1 is 1.57 bits per heavy atom. The predicted octanol–water partition coefficient (Wildman–Crippen LogP) is -0.0456. The lowest BCUT2D eigenvalue weighted by molar-refractivity contribution is -0.150. The summed E-state index contributed by atoms with van der Waals surface area (Å²) in [5, 5.41) is 8.94. The van der Waals surface area contributed by atoms with E-state index in [0.29, 0.717) is 6.54 Å². The van der Waals surface area contributed by atoms with Crippen LogP contribution in [0.15, 0.2) is 0 Å². The maximum absolute atomic E-state index is 11.4. The minimum absolute atomic E-state index is 0.0216. The highest BCUT2D eigenvalue weighted by molar-refractivity contribution is 5.85. The summed E-state index contributed by atoms with van der Waals surface area (Å²) in [7, 11) is 1.42. The number of carboxylic acids is 1. The van der Waals surface area contributed by atoms with Crippen LogP contribution in [0, 0.1) is 5.92 Å². The molecule has 1 amide bonds. The first-order valence-electron chi connectivity index (χ1n) is 4.59. The summed E-state index contributed by atoms with van der Waals surface area (Å²) in [5.74, 6) is -1.16. The molecule has 1 heterocycles. The molecule has 0 spiro atoms. The van der Waals surface area contributed by atoms with Gasteiger partial charge in [-0.2, -0.15) is 0 Å². The Bertz CT molecular complexity index is 241. The molecule has 14 heavy (non-hydrogen) atoms. The van der Waals surface area contributed by atoms with E-state index in [0.717, 1.165) is 6.42 Å². The number of aliphatic carboxylic acids is 1. The number of hydrogen-bond acceptors (Lipinski definition) is 3. The topological polar surface area (TPSA) is 66.8 Å². The average molecular weight is 201 g/mol. The van der Waals surface area contributed by atoms with Gasteiger partial charge in [0.15, 0.2) is 0 Å². The van der Waals surface area contributed by atoms with Crippen molar-refractivity contribution in [3.05, 3.63) is 0 Å². The number of ether oxygens (including phenoxy) is 1. The standard InChI is InChI=1S/C9H15NO4/c1-6-3-4-10(7(11)5-14-2)8(6)9(12)13/h6,8H,3-5H2,1-2H3,(H,12,13). The van der Waals surface area contributed by atoms with E-state index < -0.39 is 12.0 Å². The molecular weight excluding hydrogens is 186 g/mol. The molecule has 2 unspecified atom stereocenters. The van der Waals surface area contributed by atoms with Crippen molar-refractivity contribution >= 4 is 11.9 Å². The molecule has 1 rings (SSSR count). The van der Waals surface area contributed by atoms with Crippen molar-refractivity contribution in [3.8, 4) is 0 Å². The van der Waals surface area contributed by atoms with Crippen LogP contribution in [0.4, 0.5) is 0 Å². The van der Waals surface area contributed by atoms with Crippen molar-refractivity contribution in [2.24, 2.45) is 5.92 Å². The van der Waals surface area contributed by atoms with Gasteiger partial charge in [0.05, 0.1) is 0 Å². The van der Waals surface area contributed by atoms with Gasteiger partial charge in [-0.3, -0.25) is 4.79 Å². The van der Waals surface area contributed by atoms with Crippen LogP contribution in [-0.4, -0.2) is 48.2 Å². The van der Waals surface area contributed by atoms with Crippen LogP contribution in [0.5, 0.6) is 0 Å². The molecule has 5 heteroatoms. The minimum Gasteiger partial charge on any atom is -0.480 e. The monoisotopic (exact) mass is 201 g/mol. The molecule has 5 nitrogen and oxygen atoms in total. The molecule has 0 saturated carbocycles. The molecule has 0 aliphatic carbocycles. The fraction of sp³-hybridized carbons (Fsp3) is 0.778. The van der Waals surface area contributed by atoms with Crippen molar-refractivity contribution in [2.75, 3.05) is 20.3 Å². The van der Waals surface area contributed by atoms with E-state index in [1.54, 1.807) is 0 Å². The number of methoxy groups -OCH3 is 1. The smallest absolute Gasteiger partial charge is 0.326 e. The summed E-state index contributed by atoms with van der Waals surface area (Å²) >= 11 is 0. The van der Waals surface area contributed by atoms with Crippen molar-refractivity contribution < 1.29 is 19.4 Å². The second-order valence-corrected chi connectivity index (χ2v) is 3.57. The van der Waals surface area contributed by atoms with Gasteiger partial charge < -0.3 is 14.7 Å². The zero-order valence-corrected chi connectivity index (χ0v) is 8.40. The molecule has 1 N–H and O–H groups in total. The Balaban J connectivity index is 2.69. The van der Waals surface area contributed by atoms with Crippen LogP contribution >= 0.6 is 0 Å². The maximum Gasteiger partial charge on any atom is 0.326 e. The first kappa shape index (κ1) is 11.0. The number of likely N-dealkylation sites (tertiary alicyclic amines) is 1. The van der Waals surface area contributed by atoms with Crippen molar-refractivity contribution in [1.29, 1.82) is 0 Å². The highest BCUT2D eigenvalue weighted by Crippen LogP contribution is 2.23. The highest BCUT2D eigenvalue weighted by Gasteiger charge is 2.39. The number of nitrogens with zero attached hydrogens (tertiary/aromatic N) is 1. The summed E-state index contributed by atoms with van der Waals surface area (Å²) in [4.78, 5) is 23.7. The zero-order chi connectivity index (χ0) is 10.7. The third-order valence-electron chi connectivity index (χ3n) is 2.54. The Labute approximate surface area is 82.6 Å². The van der Waals surface area contributed by atoms with E-state index >= 15 is 0 Å². The summed E-state index contributed by atoms with van der Waals surface area (Å²) in [6, 6.07) is -0.683. The molecule has 0 aromatic carbocycles. The SMILES string of the molecule is COCC(=O)N1CCC(C)C1C(=O)O. The molecule has 1 saturated heterocycles. The van der Waals surface area contributed by atoms with Gasteiger partial charge in [0.2, 0.25) is 5.91 Å². The minimum atomic E-state index is -0.931. The summed E-state index contributed by atoms with van der Waals surface area (Å²) in [6.07, 6.45) is 0.742. The summed E-state index contributed by atoms with van der Waals surface area (Å²) in [6.45, 7) is 2.32. The quantitative estimate of drug-likeness (QED) is 0.695. The molecule has 1 aliphatic heterocycles. The molecule has 0 aromatic heterocycles. The largest absolute Gasteiger partial charge is 0.480 e. The predicted molar refractivity (Wildman–Crippen MR) is 48.8 cm³/mol. The fourth-order valence-electron chi connectivity index (χ4n) is 1.81. The number of carbonyl (C=O) groups excluding carboxylic acids is 1. The molecule has 0 bridgehead atoms. The second-order valence-electron chi connectivity index (χ2n) is 3.57. The van der Waals surface area contributed by atoms with E-state index in [1.807, 2.05) is 6.92 Å².